The Labute approximate surface area is 117 Å². The van der Waals surface area contributed by atoms with E-state index < -0.39 is 0 Å². The van der Waals surface area contributed by atoms with E-state index in [1.165, 1.54) is 62.9 Å². The van der Waals surface area contributed by atoms with Crippen LogP contribution in [0.4, 0.5) is 5.69 Å². The molecule has 1 fully saturated rings. The normalized spacial score (nSPS) is 14.9. The van der Waals surface area contributed by atoms with Crippen molar-refractivity contribution in [2.75, 3.05) is 25.1 Å². The molecule has 3 heteroatoms. The molecule has 0 saturated carbocycles. The average molecular weight is 264 g/mol. The Bertz CT molecular complexity index is 373. The Morgan fingerprint density at radius 2 is 1.89 bits per heavy atom. The summed E-state index contributed by atoms with van der Waals surface area (Å²) in [6.45, 7) is 4.66. The molecule has 0 atom stereocenters. The summed E-state index contributed by atoms with van der Waals surface area (Å²) in [6, 6.07) is 6.56. The van der Waals surface area contributed by atoms with Gasteiger partial charge in [-0.15, -0.1) is 0 Å². The topological polar surface area (TPSA) is 47.5 Å². The fourth-order valence-electron chi connectivity index (χ4n) is 2.68. The third kappa shape index (κ3) is 4.13. The van der Waals surface area contributed by atoms with Gasteiger partial charge >= 0.3 is 0 Å². The van der Waals surface area contributed by atoms with Gasteiger partial charge in [-0.1, -0.05) is 19.4 Å². The molecule has 0 bridgehead atoms. The summed E-state index contributed by atoms with van der Waals surface area (Å²) in [7, 11) is 1.75. The van der Waals surface area contributed by atoms with E-state index in [1.54, 1.807) is 7.11 Å². The van der Waals surface area contributed by atoms with Crippen molar-refractivity contribution < 1.29 is 4.74 Å². The zero-order valence-electron chi connectivity index (χ0n) is 12.5. The number of hydrogen-bond donors (Lipinski definition) is 1. The van der Waals surface area contributed by atoms with Crippen molar-refractivity contribution in [1.82, 2.24) is 6.15 Å². The quantitative estimate of drug-likeness (QED) is 0.867. The highest BCUT2D eigenvalue weighted by atomic mass is 16.5. The van der Waals surface area contributed by atoms with Crippen molar-refractivity contribution >= 4 is 5.69 Å². The fourth-order valence-corrected chi connectivity index (χ4v) is 2.68. The number of anilines is 1. The molecule has 1 aliphatic rings. The summed E-state index contributed by atoms with van der Waals surface area (Å²) in [6.07, 6.45) is 7.74. The minimum Gasteiger partial charge on any atom is -0.497 e. The summed E-state index contributed by atoms with van der Waals surface area (Å²) < 4.78 is 5.38. The van der Waals surface area contributed by atoms with Gasteiger partial charge in [0.2, 0.25) is 0 Å². The zero-order chi connectivity index (χ0) is 12.8. The molecule has 0 unspecified atom stereocenters. The molecule has 2 rings (SSSR count). The van der Waals surface area contributed by atoms with E-state index in [0.717, 1.165) is 5.75 Å². The van der Waals surface area contributed by atoms with Crippen molar-refractivity contribution in [1.29, 1.82) is 0 Å². The highest BCUT2D eigenvalue weighted by Gasteiger charge is 2.15. The summed E-state index contributed by atoms with van der Waals surface area (Å²) in [4.78, 5) is 2.54. The SMILES string of the molecule is CCCCc1ccc(OC)cc1N1CCCCC1.N. The number of unbranched alkanes of at least 4 members (excludes halogenated alkanes) is 1. The highest BCUT2D eigenvalue weighted by molar-refractivity contribution is 5.57. The van der Waals surface area contributed by atoms with Crippen LogP contribution in [0.5, 0.6) is 5.75 Å². The number of methoxy groups -OCH3 is 1. The second kappa shape index (κ2) is 8.05. The van der Waals surface area contributed by atoms with Crippen LogP contribution in [0.25, 0.3) is 0 Å². The van der Waals surface area contributed by atoms with Gasteiger partial charge in [-0.3, -0.25) is 0 Å². The van der Waals surface area contributed by atoms with E-state index in [0.29, 0.717) is 0 Å². The van der Waals surface area contributed by atoms with Gasteiger partial charge in [0, 0.05) is 24.8 Å². The second-order valence-corrected chi connectivity index (χ2v) is 5.15. The lowest BCUT2D eigenvalue weighted by Gasteiger charge is -2.31. The molecule has 0 radical (unpaired) electrons. The molecule has 1 aromatic carbocycles. The number of nitrogens with zero attached hydrogens (tertiary/aromatic N) is 1. The average Bonchev–Trinajstić information content (AvgIpc) is 2.46. The molecule has 0 amide bonds. The summed E-state index contributed by atoms with van der Waals surface area (Å²) in [5.74, 6) is 0.982. The minimum absolute atomic E-state index is 0. The van der Waals surface area contributed by atoms with E-state index in [2.05, 4.69) is 30.0 Å². The lowest BCUT2D eigenvalue weighted by Crippen LogP contribution is -2.30. The third-order valence-corrected chi connectivity index (χ3v) is 3.79. The number of benzene rings is 1. The number of piperidine rings is 1. The van der Waals surface area contributed by atoms with Gasteiger partial charge in [-0.05, 0) is 43.7 Å². The molecule has 1 saturated heterocycles. The molecule has 1 heterocycles. The van der Waals surface area contributed by atoms with Gasteiger partial charge in [0.05, 0.1) is 7.11 Å². The predicted molar refractivity (Wildman–Crippen MR) is 82.7 cm³/mol. The third-order valence-electron chi connectivity index (χ3n) is 3.79. The van der Waals surface area contributed by atoms with Crippen LogP contribution in [0.15, 0.2) is 18.2 Å². The van der Waals surface area contributed by atoms with Crippen molar-refractivity contribution in [2.24, 2.45) is 0 Å². The highest BCUT2D eigenvalue weighted by Crippen LogP contribution is 2.29. The van der Waals surface area contributed by atoms with Gasteiger partial charge in [0.1, 0.15) is 5.75 Å². The van der Waals surface area contributed by atoms with Crippen LogP contribution in [0, 0.1) is 0 Å². The van der Waals surface area contributed by atoms with Crippen molar-refractivity contribution in [2.45, 2.75) is 45.4 Å². The molecular weight excluding hydrogens is 236 g/mol. The molecule has 3 nitrogen and oxygen atoms in total. The predicted octanol–water partition coefficient (Wildman–Crippen LogP) is 4.19. The Hall–Kier alpha value is -1.22. The van der Waals surface area contributed by atoms with E-state index >= 15 is 0 Å². The lowest BCUT2D eigenvalue weighted by molar-refractivity contribution is 0.414. The van der Waals surface area contributed by atoms with Crippen LogP contribution in [0.2, 0.25) is 0 Å². The Morgan fingerprint density at radius 1 is 1.16 bits per heavy atom. The Kier molecular flexibility index (Phi) is 6.71. The van der Waals surface area contributed by atoms with Crippen LogP contribution >= 0.6 is 0 Å². The van der Waals surface area contributed by atoms with E-state index in [9.17, 15) is 0 Å². The van der Waals surface area contributed by atoms with E-state index in [1.807, 2.05) is 0 Å². The van der Waals surface area contributed by atoms with Gasteiger partial charge in [0.25, 0.3) is 0 Å². The fraction of sp³-hybridized carbons (Fsp3) is 0.625. The molecule has 1 aromatic rings. The van der Waals surface area contributed by atoms with Crippen molar-refractivity contribution in [3.8, 4) is 5.75 Å². The Balaban J connectivity index is 0.00000180. The standard InChI is InChI=1S/C16H25NO.H3N/c1-3-4-8-14-9-10-15(18-2)13-16(14)17-11-6-5-7-12-17;/h9-10,13H,3-8,11-12H2,1-2H3;1H3. The molecular formula is C16H28N2O. The number of rotatable bonds is 5. The molecule has 0 aromatic heterocycles. The van der Waals surface area contributed by atoms with Crippen molar-refractivity contribution in [3.05, 3.63) is 23.8 Å². The van der Waals surface area contributed by atoms with Gasteiger partial charge in [-0.2, -0.15) is 0 Å². The lowest BCUT2D eigenvalue weighted by atomic mass is 10.0. The molecule has 0 aliphatic carbocycles. The van der Waals surface area contributed by atoms with Gasteiger partial charge in [0.15, 0.2) is 0 Å². The molecule has 19 heavy (non-hydrogen) atoms. The number of hydrogen-bond acceptors (Lipinski definition) is 3. The first kappa shape index (κ1) is 15.8. The Morgan fingerprint density at radius 3 is 2.53 bits per heavy atom. The summed E-state index contributed by atoms with van der Waals surface area (Å²) >= 11 is 0. The largest absolute Gasteiger partial charge is 0.497 e. The van der Waals surface area contributed by atoms with Crippen LogP contribution in [-0.2, 0) is 6.42 Å². The van der Waals surface area contributed by atoms with Crippen LogP contribution in [-0.4, -0.2) is 20.2 Å². The maximum Gasteiger partial charge on any atom is 0.120 e. The first-order valence-electron chi connectivity index (χ1n) is 7.27. The number of aryl methyl sites for hydroxylation is 1. The molecule has 3 N–H and O–H groups in total. The molecule has 108 valence electrons. The summed E-state index contributed by atoms with van der Waals surface area (Å²) in [5.41, 5.74) is 2.89. The van der Waals surface area contributed by atoms with Crippen LogP contribution in [0.3, 0.4) is 0 Å². The maximum atomic E-state index is 5.38. The monoisotopic (exact) mass is 264 g/mol. The van der Waals surface area contributed by atoms with Gasteiger partial charge in [-0.25, -0.2) is 0 Å². The van der Waals surface area contributed by atoms with E-state index in [-0.39, 0.29) is 6.15 Å². The number of ether oxygens (including phenoxy) is 1. The first-order valence-corrected chi connectivity index (χ1v) is 7.27. The smallest absolute Gasteiger partial charge is 0.120 e. The minimum atomic E-state index is 0. The molecule has 0 spiro atoms. The maximum absolute atomic E-state index is 5.38. The zero-order valence-corrected chi connectivity index (χ0v) is 12.5. The van der Waals surface area contributed by atoms with E-state index in [4.69, 9.17) is 4.74 Å². The second-order valence-electron chi connectivity index (χ2n) is 5.15. The molecule has 1 aliphatic heterocycles. The summed E-state index contributed by atoms with van der Waals surface area (Å²) in [5, 5.41) is 0. The van der Waals surface area contributed by atoms with Crippen molar-refractivity contribution in [3.63, 3.8) is 0 Å². The van der Waals surface area contributed by atoms with Gasteiger partial charge < -0.3 is 15.8 Å². The van der Waals surface area contributed by atoms with Crippen LogP contribution in [0.1, 0.15) is 44.6 Å². The van der Waals surface area contributed by atoms with Crippen LogP contribution < -0.4 is 15.8 Å². The first-order chi connectivity index (χ1) is 8.85.